The standard InChI is InChI=1S/C20H18Cl4N2S2/c21-16-3-1-14(19(23)7-16)10-27-12-18(9-26-6-5-25-13-26)28-11-15-2-4-17(22)8-20(15)24/h1-8,13,18H,9-12H2. The van der Waals surface area contributed by atoms with Gasteiger partial charge in [-0.05, 0) is 35.4 Å². The minimum Gasteiger partial charge on any atom is -0.336 e. The minimum absolute atomic E-state index is 0.400. The van der Waals surface area contributed by atoms with Crippen LogP contribution in [0.2, 0.25) is 20.1 Å². The van der Waals surface area contributed by atoms with Crippen molar-refractivity contribution in [2.24, 2.45) is 0 Å². The summed E-state index contributed by atoms with van der Waals surface area (Å²) in [5.74, 6) is 2.66. The van der Waals surface area contributed by atoms with E-state index in [4.69, 9.17) is 46.4 Å². The molecule has 2 aromatic carbocycles. The number of benzene rings is 2. The van der Waals surface area contributed by atoms with Gasteiger partial charge in [-0.15, -0.1) is 0 Å². The van der Waals surface area contributed by atoms with E-state index in [-0.39, 0.29) is 0 Å². The molecule has 8 heteroatoms. The molecule has 0 saturated carbocycles. The summed E-state index contributed by atoms with van der Waals surface area (Å²) in [7, 11) is 0. The second-order valence-corrected chi connectivity index (χ2v) is 10.2. The number of halogens is 4. The van der Waals surface area contributed by atoms with Crippen LogP contribution in [0.5, 0.6) is 0 Å². The summed E-state index contributed by atoms with van der Waals surface area (Å²) in [6.07, 6.45) is 5.64. The molecule has 0 N–H and O–H groups in total. The number of aromatic nitrogens is 2. The van der Waals surface area contributed by atoms with E-state index in [0.717, 1.165) is 34.9 Å². The van der Waals surface area contributed by atoms with E-state index >= 15 is 0 Å². The van der Waals surface area contributed by atoms with E-state index in [0.29, 0.717) is 25.3 Å². The summed E-state index contributed by atoms with van der Waals surface area (Å²) >= 11 is 28.3. The van der Waals surface area contributed by atoms with Gasteiger partial charge in [-0.3, -0.25) is 0 Å². The van der Waals surface area contributed by atoms with Crippen molar-refractivity contribution in [1.82, 2.24) is 9.55 Å². The van der Waals surface area contributed by atoms with Crippen molar-refractivity contribution in [1.29, 1.82) is 0 Å². The van der Waals surface area contributed by atoms with E-state index in [2.05, 4.69) is 9.55 Å². The third-order valence-electron chi connectivity index (χ3n) is 4.04. The molecule has 0 aliphatic carbocycles. The quantitative estimate of drug-likeness (QED) is 0.305. The third kappa shape index (κ3) is 6.79. The maximum absolute atomic E-state index is 6.33. The Hall–Kier alpha value is -0.490. The summed E-state index contributed by atoms with van der Waals surface area (Å²) in [6, 6.07) is 11.3. The van der Waals surface area contributed by atoms with E-state index in [1.807, 2.05) is 60.3 Å². The van der Waals surface area contributed by atoms with Crippen LogP contribution in [-0.4, -0.2) is 20.6 Å². The summed E-state index contributed by atoms with van der Waals surface area (Å²) in [6.45, 7) is 0.886. The van der Waals surface area contributed by atoms with Crippen molar-refractivity contribution in [2.75, 3.05) is 5.75 Å². The molecule has 1 atom stereocenters. The molecule has 1 heterocycles. The van der Waals surface area contributed by atoms with Gasteiger partial charge < -0.3 is 4.57 Å². The maximum Gasteiger partial charge on any atom is 0.0946 e. The molecule has 0 aliphatic rings. The van der Waals surface area contributed by atoms with E-state index in [9.17, 15) is 0 Å². The number of hydrogen-bond donors (Lipinski definition) is 0. The fraction of sp³-hybridized carbons (Fsp3) is 0.250. The van der Waals surface area contributed by atoms with Crippen molar-refractivity contribution in [3.05, 3.63) is 86.3 Å². The first kappa shape index (κ1) is 22.2. The molecule has 28 heavy (non-hydrogen) atoms. The zero-order valence-corrected chi connectivity index (χ0v) is 19.5. The molecule has 0 spiro atoms. The molecule has 0 amide bonds. The molecular formula is C20H18Cl4N2S2. The van der Waals surface area contributed by atoms with Gasteiger partial charge in [0.2, 0.25) is 0 Å². The molecule has 0 bridgehead atoms. The van der Waals surface area contributed by atoms with Gasteiger partial charge >= 0.3 is 0 Å². The molecular weight excluding hydrogens is 474 g/mol. The highest BCUT2D eigenvalue weighted by Gasteiger charge is 2.13. The van der Waals surface area contributed by atoms with Gasteiger partial charge in [-0.25, -0.2) is 4.98 Å². The fourth-order valence-electron chi connectivity index (χ4n) is 2.57. The smallest absolute Gasteiger partial charge is 0.0946 e. The lowest BCUT2D eigenvalue weighted by atomic mass is 10.2. The van der Waals surface area contributed by atoms with E-state index in [1.165, 1.54) is 0 Å². The summed E-state index contributed by atoms with van der Waals surface area (Å²) in [4.78, 5) is 4.15. The highest BCUT2D eigenvalue weighted by atomic mass is 35.5. The van der Waals surface area contributed by atoms with Crippen LogP contribution in [0.25, 0.3) is 0 Å². The first-order valence-electron chi connectivity index (χ1n) is 8.54. The first-order chi connectivity index (χ1) is 13.5. The Labute approximate surface area is 193 Å². The lowest BCUT2D eigenvalue weighted by Crippen LogP contribution is -2.15. The Kier molecular flexibility index (Phi) is 8.76. The Morgan fingerprint density at radius 1 is 0.893 bits per heavy atom. The van der Waals surface area contributed by atoms with Gasteiger partial charge in [0.1, 0.15) is 0 Å². The minimum atomic E-state index is 0.400. The number of imidazole rings is 1. The Bertz CT molecular complexity index is 903. The molecule has 0 fully saturated rings. The molecule has 1 aromatic heterocycles. The zero-order chi connectivity index (χ0) is 19.9. The van der Waals surface area contributed by atoms with Crippen LogP contribution in [0.15, 0.2) is 55.1 Å². The Balaban J connectivity index is 1.59. The van der Waals surface area contributed by atoms with Gasteiger partial charge in [0.05, 0.1) is 6.33 Å². The Morgan fingerprint density at radius 3 is 2.11 bits per heavy atom. The average molecular weight is 492 g/mol. The van der Waals surface area contributed by atoms with Gasteiger partial charge in [-0.2, -0.15) is 23.5 Å². The number of nitrogens with zero attached hydrogens (tertiary/aromatic N) is 2. The van der Waals surface area contributed by atoms with Crippen LogP contribution in [0, 0.1) is 0 Å². The molecule has 3 rings (SSSR count). The third-order valence-corrected chi connectivity index (χ3v) is 7.84. The zero-order valence-electron chi connectivity index (χ0n) is 14.8. The lowest BCUT2D eigenvalue weighted by molar-refractivity contribution is 0.695. The molecule has 1 unspecified atom stereocenters. The van der Waals surface area contributed by atoms with Crippen molar-refractivity contribution in [3.8, 4) is 0 Å². The average Bonchev–Trinajstić information content (AvgIpc) is 3.15. The van der Waals surface area contributed by atoms with Crippen LogP contribution in [0.4, 0.5) is 0 Å². The second kappa shape index (κ2) is 11.1. The summed E-state index contributed by atoms with van der Waals surface area (Å²) < 4.78 is 2.11. The van der Waals surface area contributed by atoms with Gasteiger partial charge in [-0.1, -0.05) is 58.5 Å². The topological polar surface area (TPSA) is 17.8 Å². The Morgan fingerprint density at radius 2 is 1.54 bits per heavy atom. The van der Waals surface area contributed by atoms with Gasteiger partial charge in [0.15, 0.2) is 0 Å². The van der Waals surface area contributed by atoms with Crippen LogP contribution in [0.1, 0.15) is 11.1 Å². The number of hydrogen-bond acceptors (Lipinski definition) is 3. The normalized spacial score (nSPS) is 12.3. The monoisotopic (exact) mass is 490 g/mol. The predicted molar refractivity (Wildman–Crippen MR) is 126 cm³/mol. The van der Waals surface area contributed by atoms with Gasteiger partial charge in [0, 0.05) is 61.5 Å². The van der Waals surface area contributed by atoms with Crippen molar-refractivity contribution in [3.63, 3.8) is 0 Å². The van der Waals surface area contributed by atoms with Crippen molar-refractivity contribution >= 4 is 69.9 Å². The molecule has 2 nitrogen and oxygen atoms in total. The van der Waals surface area contributed by atoms with Crippen molar-refractivity contribution in [2.45, 2.75) is 23.3 Å². The summed E-state index contributed by atoms with van der Waals surface area (Å²) in [5, 5.41) is 3.14. The lowest BCUT2D eigenvalue weighted by Gasteiger charge is -2.18. The maximum atomic E-state index is 6.33. The molecule has 0 saturated heterocycles. The van der Waals surface area contributed by atoms with Crippen LogP contribution in [-0.2, 0) is 18.1 Å². The van der Waals surface area contributed by atoms with Crippen molar-refractivity contribution < 1.29 is 0 Å². The predicted octanol–water partition coefficient (Wildman–Crippen LogP) is 7.73. The molecule has 3 aromatic rings. The van der Waals surface area contributed by atoms with Crippen LogP contribution >= 0.6 is 69.9 Å². The number of rotatable bonds is 9. The van der Waals surface area contributed by atoms with Crippen LogP contribution in [0.3, 0.4) is 0 Å². The molecule has 0 aliphatic heterocycles. The van der Waals surface area contributed by atoms with Crippen LogP contribution < -0.4 is 0 Å². The second-order valence-electron chi connectivity index (χ2n) is 6.18. The highest BCUT2D eigenvalue weighted by molar-refractivity contribution is 8.02. The molecule has 0 radical (unpaired) electrons. The molecule has 148 valence electrons. The van der Waals surface area contributed by atoms with Gasteiger partial charge in [0.25, 0.3) is 0 Å². The van der Waals surface area contributed by atoms with E-state index in [1.54, 1.807) is 18.3 Å². The largest absolute Gasteiger partial charge is 0.336 e. The fourth-order valence-corrected chi connectivity index (χ4v) is 6.25. The number of thioether (sulfide) groups is 2. The highest BCUT2D eigenvalue weighted by Crippen LogP contribution is 2.30. The van der Waals surface area contributed by atoms with E-state index < -0.39 is 0 Å². The summed E-state index contributed by atoms with van der Waals surface area (Å²) in [5.41, 5.74) is 2.20. The SMILES string of the molecule is Clc1ccc(CSCC(Cn2ccnc2)SCc2ccc(Cl)cc2Cl)c(Cl)c1. The first-order valence-corrected chi connectivity index (χ1v) is 12.3.